The molecule has 0 bridgehead atoms. The Hall–Kier alpha value is -5.67. The lowest BCUT2D eigenvalue weighted by Gasteiger charge is -2.36. The van der Waals surface area contributed by atoms with Gasteiger partial charge in [-0.2, -0.15) is 4.98 Å². The molecule has 4 aromatic heterocycles. The molecule has 304 valence electrons. The number of rotatable bonds is 7. The van der Waals surface area contributed by atoms with Crippen LogP contribution in [0.3, 0.4) is 0 Å². The zero-order valence-electron chi connectivity index (χ0n) is 34.2. The fourth-order valence-electron chi connectivity index (χ4n) is 7.53. The van der Waals surface area contributed by atoms with Crippen molar-refractivity contribution in [3.05, 3.63) is 58.8 Å². The highest BCUT2D eigenvalue weighted by molar-refractivity contribution is 5.85. The lowest BCUT2D eigenvalue weighted by Crippen LogP contribution is -2.50. The Kier molecular flexibility index (Phi) is 11.1. The summed E-state index contributed by atoms with van der Waals surface area (Å²) in [5.41, 5.74) is 2.48. The molecule has 2 N–H and O–H groups in total. The summed E-state index contributed by atoms with van der Waals surface area (Å²) in [6.45, 7) is 18.1. The van der Waals surface area contributed by atoms with Gasteiger partial charge >= 0.3 is 12.2 Å². The molecule has 6 heterocycles. The van der Waals surface area contributed by atoms with E-state index in [1.165, 1.54) is 0 Å². The van der Waals surface area contributed by atoms with E-state index in [0.717, 1.165) is 48.0 Å². The van der Waals surface area contributed by atoms with Gasteiger partial charge in [0, 0.05) is 70.0 Å². The maximum Gasteiger partial charge on any atom is 0.410 e. The molecule has 1 saturated carbocycles. The number of ether oxygens (including phenoxy) is 2. The predicted octanol–water partition coefficient (Wildman–Crippen LogP) is 6.61. The number of hydrogen-bond donors (Lipinski definition) is 2. The molecule has 0 atom stereocenters. The zero-order chi connectivity index (χ0) is 40.5. The van der Waals surface area contributed by atoms with Gasteiger partial charge in [-0.3, -0.25) is 9.36 Å². The molecule has 16 nitrogen and oxygen atoms in total. The zero-order valence-corrected chi connectivity index (χ0v) is 34.2. The molecule has 57 heavy (non-hydrogen) atoms. The molecule has 1 aliphatic carbocycles. The van der Waals surface area contributed by atoms with Gasteiger partial charge in [-0.25, -0.2) is 24.5 Å². The van der Waals surface area contributed by atoms with Crippen molar-refractivity contribution in [2.45, 2.75) is 91.4 Å². The van der Waals surface area contributed by atoms with Crippen LogP contribution in [0.5, 0.6) is 0 Å². The maximum absolute atomic E-state index is 14.4. The average molecular weight is 782 g/mol. The Labute approximate surface area is 333 Å². The average Bonchev–Trinajstić information content (AvgIpc) is 3.71. The Bertz CT molecular complexity index is 2120. The SMILES string of the molecule is Cc1c(Nc2ccc(N3CCN(C(=O)OC(C)(C)C)CC3)cn2)c(=O)n(C2CCCC2)c2nc(Nc3ccc(N4CCN(C(=O)OC(C)(C)C)CC4)cn3)ncc12. The van der Waals surface area contributed by atoms with Gasteiger partial charge in [0.25, 0.3) is 5.56 Å². The third-order valence-corrected chi connectivity index (χ3v) is 10.5. The second-order valence-corrected chi connectivity index (χ2v) is 17.0. The fourth-order valence-corrected chi connectivity index (χ4v) is 7.53. The fraction of sp³-hybridized carbons (Fsp3) is 0.537. The molecule has 0 spiro atoms. The Morgan fingerprint density at radius 3 is 1.63 bits per heavy atom. The summed E-state index contributed by atoms with van der Waals surface area (Å²) in [6.07, 6.45) is 8.67. The molecule has 0 aromatic carbocycles. The predicted molar refractivity (Wildman–Crippen MR) is 221 cm³/mol. The van der Waals surface area contributed by atoms with Crippen molar-refractivity contribution in [1.82, 2.24) is 34.3 Å². The molecule has 2 saturated heterocycles. The number of amides is 2. The molecule has 3 fully saturated rings. The van der Waals surface area contributed by atoms with E-state index in [-0.39, 0.29) is 23.8 Å². The van der Waals surface area contributed by atoms with Crippen LogP contribution in [0.15, 0.2) is 47.7 Å². The van der Waals surface area contributed by atoms with E-state index in [0.29, 0.717) is 81.3 Å². The van der Waals surface area contributed by atoms with Crippen molar-refractivity contribution >= 4 is 57.9 Å². The Balaban J connectivity index is 1.04. The Morgan fingerprint density at radius 1 is 0.684 bits per heavy atom. The highest BCUT2D eigenvalue weighted by Gasteiger charge is 2.29. The molecule has 3 aliphatic rings. The standard InChI is InChI=1S/C41H55N11O5/c1-27-31-26-44-37(46-33-15-13-30(25-43-33)49-18-22-51(23-19-49)39(55)57-41(5,6)7)47-35(31)52(28-10-8-9-11-28)36(53)34(27)45-32-14-12-29(24-42-32)48-16-20-50(21-17-48)38(54)56-40(2,3)4/h12-15,24-26,28H,8-11,16-23H2,1-7H3,(H,42,45)(H,43,44,46,47). The minimum Gasteiger partial charge on any atom is -0.444 e. The highest BCUT2D eigenvalue weighted by Crippen LogP contribution is 2.34. The van der Waals surface area contributed by atoms with E-state index in [9.17, 15) is 14.4 Å². The molecule has 2 aliphatic heterocycles. The van der Waals surface area contributed by atoms with E-state index in [4.69, 9.17) is 14.5 Å². The Morgan fingerprint density at radius 2 is 1.18 bits per heavy atom. The lowest BCUT2D eigenvalue weighted by atomic mass is 10.1. The van der Waals surface area contributed by atoms with Crippen molar-refractivity contribution in [3.63, 3.8) is 0 Å². The minimum absolute atomic E-state index is 0.0202. The van der Waals surface area contributed by atoms with Crippen LogP contribution in [0.1, 0.15) is 78.8 Å². The first kappa shape index (κ1) is 39.6. The first-order valence-electron chi connectivity index (χ1n) is 20.0. The highest BCUT2D eigenvalue weighted by atomic mass is 16.6. The number of piperazine rings is 2. The first-order chi connectivity index (χ1) is 27.1. The number of carbonyl (C=O) groups is 2. The van der Waals surface area contributed by atoms with Crippen molar-refractivity contribution < 1.29 is 19.1 Å². The number of fused-ring (bicyclic) bond motifs is 1. The molecular formula is C41H55N11O5. The van der Waals surface area contributed by atoms with Crippen LogP contribution in [0.25, 0.3) is 11.0 Å². The number of aryl methyl sites for hydroxylation is 1. The summed E-state index contributed by atoms with van der Waals surface area (Å²) >= 11 is 0. The summed E-state index contributed by atoms with van der Waals surface area (Å²) in [7, 11) is 0. The van der Waals surface area contributed by atoms with Crippen LogP contribution in [0.2, 0.25) is 0 Å². The lowest BCUT2D eigenvalue weighted by molar-refractivity contribution is 0.0230. The number of anilines is 6. The van der Waals surface area contributed by atoms with Gasteiger partial charge < -0.3 is 39.7 Å². The van der Waals surface area contributed by atoms with Gasteiger partial charge in [0.15, 0.2) is 0 Å². The van der Waals surface area contributed by atoms with Gasteiger partial charge in [-0.15, -0.1) is 0 Å². The number of carbonyl (C=O) groups excluding carboxylic acids is 2. The van der Waals surface area contributed by atoms with Crippen LogP contribution in [0, 0.1) is 6.92 Å². The minimum atomic E-state index is -0.532. The summed E-state index contributed by atoms with van der Waals surface area (Å²) in [6, 6.07) is 7.76. The quantitative estimate of drug-likeness (QED) is 0.206. The van der Waals surface area contributed by atoms with Crippen molar-refractivity contribution in [2.75, 3.05) is 72.8 Å². The number of nitrogens with one attached hydrogen (secondary N) is 2. The number of aromatic nitrogens is 5. The van der Waals surface area contributed by atoms with Gasteiger partial charge in [0.2, 0.25) is 5.95 Å². The third-order valence-electron chi connectivity index (χ3n) is 10.5. The topological polar surface area (TPSA) is 163 Å². The van der Waals surface area contributed by atoms with E-state index >= 15 is 0 Å². The van der Waals surface area contributed by atoms with Crippen LogP contribution in [0.4, 0.5) is 44.2 Å². The normalized spacial score (nSPS) is 16.9. The van der Waals surface area contributed by atoms with Gasteiger partial charge in [0.05, 0.1) is 23.8 Å². The van der Waals surface area contributed by atoms with Crippen molar-refractivity contribution in [3.8, 4) is 0 Å². The van der Waals surface area contributed by atoms with Crippen LogP contribution >= 0.6 is 0 Å². The maximum atomic E-state index is 14.4. The summed E-state index contributed by atoms with van der Waals surface area (Å²) in [5, 5.41) is 7.35. The number of nitrogens with zero attached hydrogens (tertiary/aromatic N) is 9. The molecule has 0 unspecified atom stereocenters. The molecule has 7 rings (SSSR count). The second-order valence-electron chi connectivity index (χ2n) is 17.0. The second kappa shape index (κ2) is 16.1. The van der Waals surface area contributed by atoms with E-state index in [2.05, 4.69) is 35.4 Å². The number of hydrogen-bond acceptors (Lipinski definition) is 13. The molecule has 2 amide bonds. The largest absolute Gasteiger partial charge is 0.444 e. The third kappa shape index (κ3) is 9.32. The van der Waals surface area contributed by atoms with Gasteiger partial charge in [-0.1, -0.05) is 12.8 Å². The van der Waals surface area contributed by atoms with Crippen LogP contribution in [-0.2, 0) is 9.47 Å². The van der Waals surface area contributed by atoms with Gasteiger partial charge in [0.1, 0.15) is 34.2 Å². The molecule has 16 heteroatoms. The van der Waals surface area contributed by atoms with E-state index in [1.807, 2.05) is 77.3 Å². The monoisotopic (exact) mass is 781 g/mol. The number of pyridine rings is 3. The van der Waals surface area contributed by atoms with Crippen LogP contribution in [-0.4, -0.2) is 110 Å². The molecular weight excluding hydrogens is 727 g/mol. The van der Waals surface area contributed by atoms with Crippen LogP contribution < -0.4 is 26.0 Å². The van der Waals surface area contributed by atoms with Crippen molar-refractivity contribution in [2.24, 2.45) is 0 Å². The van der Waals surface area contributed by atoms with E-state index in [1.54, 1.807) is 28.4 Å². The summed E-state index contributed by atoms with van der Waals surface area (Å²) in [4.78, 5) is 66.1. The van der Waals surface area contributed by atoms with E-state index < -0.39 is 11.2 Å². The van der Waals surface area contributed by atoms with Crippen molar-refractivity contribution in [1.29, 1.82) is 0 Å². The van der Waals surface area contributed by atoms with Gasteiger partial charge in [-0.05, 0) is 91.1 Å². The molecule has 0 radical (unpaired) electrons. The molecule has 4 aromatic rings. The smallest absolute Gasteiger partial charge is 0.410 e. The first-order valence-corrected chi connectivity index (χ1v) is 20.0. The summed E-state index contributed by atoms with van der Waals surface area (Å²) < 4.78 is 12.9. The summed E-state index contributed by atoms with van der Waals surface area (Å²) in [5.74, 6) is 1.49.